The lowest BCUT2D eigenvalue weighted by Crippen LogP contribution is -2.54. The van der Waals surface area contributed by atoms with Crippen LogP contribution in [0, 0.1) is 0 Å². The van der Waals surface area contributed by atoms with Crippen molar-refractivity contribution in [2.75, 3.05) is 18.0 Å². The van der Waals surface area contributed by atoms with Crippen molar-refractivity contribution in [3.05, 3.63) is 57.1 Å². The molecule has 2 aliphatic rings. The van der Waals surface area contributed by atoms with Gasteiger partial charge >= 0.3 is 12.4 Å². The molecule has 2 atom stereocenters. The quantitative estimate of drug-likeness (QED) is 0.422. The lowest BCUT2D eigenvalue weighted by Gasteiger charge is -2.51. The Hall–Kier alpha value is -1.84. The number of phenolic OH excluding ortho intramolecular Hbond substituents is 1. The molecule has 3 nitrogen and oxygen atoms in total. The number of nitrogens with zero attached hydrogens (tertiary/aromatic N) is 2. The monoisotopic (exact) mass is 512 g/mol. The van der Waals surface area contributed by atoms with Crippen LogP contribution in [0.4, 0.5) is 32.0 Å². The van der Waals surface area contributed by atoms with Crippen LogP contribution in [0.15, 0.2) is 30.3 Å². The van der Waals surface area contributed by atoms with E-state index >= 15 is 0 Å². The van der Waals surface area contributed by atoms with Crippen molar-refractivity contribution in [3.63, 3.8) is 0 Å². The number of benzene rings is 2. The van der Waals surface area contributed by atoms with Gasteiger partial charge in [-0.05, 0) is 49.6 Å². The fourth-order valence-electron chi connectivity index (χ4n) is 4.75. The van der Waals surface area contributed by atoms with E-state index in [1.54, 1.807) is 0 Å². The summed E-state index contributed by atoms with van der Waals surface area (Å²) in [6, 6.07) is 4.40. The molecule has 180 valence electrons. The first-order chi connectivity index (χ1) is 15.4. The normalized spacial score (nSPS) is 22.4. The average molecular weight is 513 g/mol. The standard InChI is InChI=1S/C22H20Cl2F6N2O/c23-14-10-17(19(33)18(24)11-14)20-31-5-2-1-3-15(31)4-6-32(20)16-8-12(21(25,26)27)7-13(9-16)22(28,29)30/h7-11,15,20,33H,1-6H2. The first-order valence-corrected chi connectivity index (χ1v) is 11.1. The maximum Gasteiger partial charge on any atom is 0.416 e. The number of hydrogen-bond donors (Lipinski definition) is 1. The number of phenols is 1. The molecular formula is C22H20Cl2F6N2O. The molecule has 2 aliphatic heterocycles. The van der Waals surface area contributed by atoms with Crippen LogP contribution in [0.5, 0.6) is 5.75 Å². The van der Waals surface area contributed by atoms with E-state index in [4.69, 9.17) is 23.2 Å². The lowest BCUT2D eigenvalue weighted by atomic mass is 9.92. The number of piperidine rings is 1. The first kappa shape index (κ1) is 24.3. The molecule has 2 heterocycles. The summed E-state index contributed by atoms with van der Waals surface area (Å²) >= 11 is 12.3. The molecule has 0 bridgehead atoms. The number of halogens is 8. The van der Waals surface area contributed by atoms with Crippen LogP contribution in [-0.2, 0) is 12.4 Å². The molecule has 0 radical (unpaired) electrons. The van der Waals surface area contributed by atoms with Gasteiger partial charge in [-0.2, -0.15) is 26.3 Å². The molecule has 0 amide bonds. The van der Waals surface area contributed by atoms with Crippen molar-refractivity contribution >= 4 is 28.9 Å². The first-order valence-electron chi connectivity index (χ1n) is 10.4. The second-order valence-corrected chi connectivity index (χ2v) is 9.18. The highest BCUT2D eigenvalue weighted by Crippen LogP contribution is 2.47. The zero-order chi connectivity index (χ0) is 24.1. The number of rotatable bonds is 2. The van der Waals surface area contributed by atoms with Gasteiger partial charge in [0.05, 0.1) is 16.1 Å². The second kappa shape index (κ2) is 8.74. The highest BCUT2D eigenvalue weighted by atomic mass is 35.5. The van der Waals surface area contributed by atoms with E-state index in [1.807, 2.05) is 4.90 Å². The van der Waals surface area contributed by atoms with Gasteiger partial charge in [0, 0.05) is 35.4 Å². The highest BCUT2D eigenvalue weighted by molar-refractivity contribution is 6.35. The maximum atomic E-state index is 13.5. The topological polar surface area (TPSA) is 26.7 Å². The van der Waals surface area contributed by atoms with Gasteiger partial charge in [-0.3, -0.25) is 4.90 Å². The highest BCUT2D eigenvalue weighted by Gasteiger charge is 2.42. The summed E-state index contributed by atoms with van der Waals surface area (Å²) in [6.45, 7) is 0.772. The van der Waals surface area contributed by atoms with Gasteiger partial charge < -0.3 is 10.0 Å². The van der Waals surface area contributed by atoms with E-state index in [9.17, 15) is 31.4 Å². The molecule has 2 aromatic rings. The van der Waals surface area contributed by atoms with Gasteiger partial charge in [-0.15, -0.1) is 0 Å². The Morgan fingerprint density at radius 2 is 1.45 bits per heavy atom. The molecule has 11 heteroatoms. The summed E-state index contributed by atoms with van der Waals surface area (Å²) in [5, 5.41) is 10.8. The van der Waals surface area contributed by atoms with E-state index in [0.717, 1.165) is 31.4 Å². The van der Waals surface area contributed by atoms with Gasteiger partial charge in [0.1, 0.15) is 11.9 Å². The van der Waals surface area contributed by atoms with Crippen LogP contribution in [0.3, 0.4) is 0 Å². The van der Waals surface area contributed by atoms with Crippen LogP contribution < -0.4 is 4.90 Å². The van der Waals surface area contributed by atoms with E-state index in [2.05, 4.69) is 0 Å². The Morgan fingerprint density at radius 3 is 2.06 bits per heavy atom. The fraction of sp³-hybridized carbons (Fsp3) is 0.455. The molecule has 2 aromatic carbocycles. The molecule has 0 aromatic heterocycles. The van der Waals surface area contributed by atoms with Crippen molar-refractivity contribution in [3.8, 4) is 5.75 Å². The summed E-state index contributed by atoms with van der Waals surface area (Å²) in [5.74, 6) is -0.301. The third kappa shape index (κ3) is 4.86. The van der Waals surface area contributed by atoms with E-state index in [1.165, 1.54) is 17.0 Å². The summed E-state index contributed by atoms with van der Waals surface area (Å²) < 4.78 is 80.9. The number of fused-ring (bicyclic) bond motifs is 1. The SMILES string of the molecule is Oc1c(Cl)cc(Cl)cc1C1N(c2cc(C(F)(F)F)cc(C(F)(F)F)c2)CCC2CCCCN21. The van der Waals surface area contributed by atoms with Crippen LogP contribution in [0.25, 0.3) is 0 Å². The second-order valence-electron chi connectivity index (χ2n) is 8.33. The third-order valence-electron chi connectivity index (χ3n) is 6.23. The Labute approximate surface area is 196 Å². The minimum atomic E-state index is -4.96. The van der Waals surface area contributed by atoms with Crippen molar-refractivity contribution < 1.29 is 31.4 Å². The van der Waals surface area contributed by atoms with Crippen molar-refractivity contribution in [2.24, 2.45) is 0 Å². The van der Waals surface area contributed by atoms with E-state index < -0.39 is 29.6 Å². The molecule has 2 unspecified atom stereocenters. The zero-order valence-electron chi connectivity index (χ0n) is 17.1. The zero-order valence-corrected chi connectivity index (χ0v) is 18.7. The number of hydrogen-bond acceptors (Lipinski definition) is 3. The van der Waals surface area contributed by atoms with Crippen molar-refractivity contribution in [1.29, 1.82) is 0 Å². The fourth-order valence-corrected chi connectivity index (χ4v) is 5.26. The van der Waals surface area contributed by atoms with Gasteiger partial charge in [-0.1, -0.05) is 29.6 Å². The summed E-state index contributed by atoms with van der Waals surface area (Å²) in [4.78, 5) is 3.47. The predicted octanol–water partition coefficient (Wildman–Crippen LogP) is 7.50. The summed E-state index contributed by atoms with van der Waals surface area (Å²) in [7, 11) is 0. The van der Waals surface area contributed by atoms with Gasteiger partial charge in [0.25, 0.3) is 0 Å². The molecule has 0 saturated carbocycles. The van der Waals surface area contributed by atoms with E-state index in [0.29, 0.717) is 13.0 Å². The van der Waals surface area contributed by atoms with Gasteiger partial charge in [0.2, 0.25) is 0 Å². The van der Waals surface area contributed by atoms with Gasteiger partial charge in [-0.25, -0.2) is 0 Å². The minimum absolute atomic E-state index is 0.0448. The van der Waals surface area contributed by atoms with Gasteiger partial charge in [0.15, 0.2) is 0 Å². The Kier molecular flexibility index (Phi) is 6.44. The summed E-state index contributed by atoms with van der Waals surface area (Å²) in [6.07, 6.45) is -7.57. The largest absolute Gasteiger partial charge is 0.506 e. The third-order valence-corrected chi connectivity index (χ3v) is 6.73. The predicted molar refractivity (Wildman–Crippen MR) is 114 cm³/mol. The number of aromatic hydroxyl groups is 1. The molecular weight excluding hydrogens is 493 g/mol. The lowest BCUT2D eigenvalue weighted by molar-refractivity contribution is -0.143. The number of alkyl halides is 6. The van der Waals surface area contributed by atoms with Crippen LogP contribution in [0.2, 0.25) is 10.0 Å². The van der Waals surface area contributed by atoms with E-state index in [-0.39, 0.29) is 45.7 Å². The minimum Gasteiger partial charge on any atom is -0.506 e. The summed E-state index contributed by atoms with van der Waals surface area (Å²) in [5.41, 5.74) is -2.77. The molecule has 4 rings (SSSR count). The van der Waals surface area contributed by atoms with Crippen LogP contribution in [0.1, 0.15) is 48.5 Å². The Bertz CT molecular complexity index is 1010. The molecule has 0 spiro atoms. The number of anilines is 1. The Morgan fingerprint density at radius 1 is 0.818 bits per heavy atom. The molecule has 2 fully saturated rings. The molecule has 33 heavy (non-hydrogen) atoms. The van der Waals surface area contributed by atoms with Crippen LogP contribution in [-0.4, -0.2) is 29.1 Å². The molecule has 2 saturated heterocycles. The smallest absolute Gasteiger partial charge is 0.416 e. The van der Waals surface area contributed by atoms with Crippen LogP contribution >= 0.6 is 23.2 Å². The van der Waals surface area contributed by atoms with Crippen molar-refractivity contribution in [1.82, 2.24) is 4.90 Å². The average Bonchev–Trinajstić information content (AvgIpc) is 2.74. The molecule has 1 N–H and O–H groups in total. The maximum absolute atomic E-state index is 13.5. The van der Waals surface area contributed by atoms with Crippen molar-refractivity contribution in [2.45, 2.75) is 50.2 Å². The molecule has 0 aliphatic carbocycles. The Balaban J connectivity index is 1.90.